The fourth-order valence-corrected chi connectivity index (χ4v) is 3.67. The Kier molecular flexibility index (Phi) is 4.38. The fraction of sp³-hybridized carbons (Fsp3) is 0.227. The quantitative estimate of drug-likeness (QED) is 0.751. The minimum atomic E-state index is 0.0337. The number of amides is 2. The third kappa shape index (κ3) is 3.36. The molecule has 25 heavy (non-hydrogen) atoms. The summed E-state index contributed by atoms with van der Waals surface area (Å²) in [7, 11) is 0. The van der Waals surface area contributed by atoms with Crippen molar-refractivity contribution in [2.45, 2.75) is 18.9 Å². The third-order valence-corrected chi connectivity index (χ3v) is 5.06. The average molecular weight is 330 g/mol. The van der Waals surface area contributed by atoms with Gasteiger partial charge in [0.25, 0.3) is 0 Å². The van der Waals surface area contributed by atoms with Gasteiger partial charge < -0.3 is 10.2 Å². The van der Waals surface area contributed by atoms with Gasteiger partial charge in [0, 0.05) is 25.6 Å². The van der Waals surface area contributed by atoms with E-state index in [1.165, 1.54) is 16.3 Å². The molecule has 1 aliphatic rings. The van der Waals surface area contributed by atoms with Gasteiger partial charge in [0.2, 0.25) is 0 Å². The van der Waals surface area contributed by atoms with Crippen LogP contribution in [0.5, 0.6) is 0 Å². The predicted molar refractivity (Wildman–Crippen MR) is 102 cm³/mol. The van der Waals surface area contributed by atoms with E-state index in [2.05, 4.69) is 53.8 Å². The molecule has 1 saturated heterocycles. The molecule has 4 rings (SSSR count). The van der Waals surface area contributed by atoms with Gasteiger partial charge in [0.15, 0.2) is 0 Å². The average Bonchev–Trinajstić information content (AvgIpc) is 3.17. The lowest BCUT2D eigenvalue weighted by Gasteiger charge is -2.18. The summed E-state index contributed by atoms with van der Waals surface area (Å²) in [6.45, 7) is 2.18. The number of nitrogens with one attached hydrogen (secondary N) is 1. The predicted octanol–water partition coefficient (Wildman–Crippen LogP) is 4.54. The summed E-state index contributed by atoms with van der Waals surface area (Å²) in [6, 6.07) is 25.0. The Morgan fingerprint density at radius 3 is 2.60 bits per heavy atom. The summed E-state index contributed by atoms with van der Waals surface area (Å²) in [5.74, 6) is 0.449. The van der Waals surface area contributed by atoms with Gasteiger partial charge in [-0.25, -0.2) is 4.79 Å². The highest BCUT2D eigenvalue weighted by Gasteiger charge is 2.26. The smallest absolute Gasteiger partial charge is 0.317 e. The first-order valence-electron chi connectivity index (χ1n) is 8.85. The van der Waals surface area contributed by atoms with Gasteiger partial charge in [-0.2, -0.15) is 0 Å². The van der Waals surface area contributed by atoms with Crippen molar-refractivity contribution >= 4 is 16.8 Å². The molecule has 1 aliphatic heterocycles. The van der Waals surface area contributed by atoms with Crippen LogP contribution in [0.15, 0.2) is 72.8 Å². The normalized spacial score (nSPS) is 17.0. The van der Waals surface area contributed by atoms with Gasteiger partial charge in [-0.3, -0.25) is 0 Å². The van der Waals surface area contributed by atoms with Gasteiger partial charge in [-0.1, -0.05) is 72.8 Å². The number of nitrogens with zero attached hydrogens (tertiary/aromatic N) is 1. The second-order valence-corrected chi connectivity index (χ2v) is 6.64. The van der Waals surface area contributed by atoms with Crippen LogP contribution in [-0.4, -0.2) is 24.0 Å². The van der Waals surface area contributed by atoms with Crippen LogP contribution in [0.3, 0.4) is 0 Å². The number of carbonyl (C=O) groups is 1. The minimum Gasteiger partial charge on any atom is -0.334 e. The van der Waals surface area contributed by atoms with Crippen molar-refractivity contribution in [3.05, 3.63) is 83.9 Å². The number of benzene rings is 3. The monoisotopic (exact) mass is 330 g/mol. The molecule has 1 fully saturated rings. The molecule has 0 spiro atoms. The maximum Gasteiger partial charge on any atom is 0.317 e. The molecule has 3 aromatic carbocycles. The summed E-state index contributed by atoms with van der Waals surface area (Å²) in [4.78, 5) is 14.5. The van der Waals surface area contributed by atoms with Gasteiger partial charge in [0.1, 0.15) is 0 Å². The van der Waals surface area contributed by atoms with E-state index < -0.39 is 0 Å². The van der Waals surface area contributed by atoms with E-state index in [1.54, 1.807) is 0 Å². The number of likely N-dealkylation sites (tertiary alicyclic amines) is 1. The van der Waals surface area contributed by atoms with Gasteiger partial charge in [-0.05, 0) is 28.3 Å². The number of fused-ring (bicyclic) bond motifs is 1. The Morgan fingerprint density at radius 2 is 1.72 bits per heavy atom. The molecule has 1 N–H and O–H groups in total. The third-order valence-electron chi connectivity index (χ3n) is 5.06. The van der Waals surface area contributed by atoms with Crippen molar-refractivity contribution in [3.63, 3.8) is 0 Å². The lowest BCUT2D eigenvalue weighted by atomic mass is 9.99. The highest BCUT2D eigenvalue weighted by atomic mass is 16.2. The molecule has 1 heterocycles. The molecular formula is C22H22N2O. The van der Waals surface area contributed by atoms with E-state index in [-0.39, 0.29) is 6.03 Å². The van der Waals surface area contributed by atoms with Gasteiger partial charge >= 0.3 is 6.03 Å². The lowest BCUT2D eigenvalue weighted by molar-refractivity contribution is 0.208. The van der Waals surface area contributed by atoms with Crippen molar-refractivity contribution < 1.29 is 4.79 Å². The number of carbonyl (C=O) groups excluding carboxylic acids is 1. The first-order chi connectivity index (χ1) is 12.3. The topological polar surface area (TPSA) is 32.3 Å². The summed E-state index contributed by atoms with van der Waals surface area (Å²) in [6.07, 6.45) is 1.03. The maximum atomic E-state index is 12.5. The van der Waals surface area contributed by atoms with Gasteiger partial charge in [-0.15, -0.1) is 0 Å². The largest absolute Gasteiger partial charge is 0.334 e. The number of hydrogen-bond donors (Lipinski definition) is 1. The van der Waals surface area contributed by atoms with Crippen LogP contribution in [0.1, 0.15) is 23.5 Å². The molecule has 0 saturated carbocycles. The van der Waals surface area contributed by atoms with Crippen molar-refractivity contribution in [2.75, 3.05) is 13.1 Å². The molecule has 0 aromatic heterocycles. The SMILES string of the molecule is O=C(NCc1cccc2ccccc12)N1CC[C@@H](c2ccccc2)C1. The van der Waals surface area contributed by atoms with Crippen LogP contribution in [0.2, 0.25) is 0 Å². The van der Waals surface area contributed by atoms with Crippen LogP contribution in [0.4, 0.5) is 4.79 Å². The van der Waals surface area contributed by atoms with Crippen molar-refractivity contribution in [3.8, 4) is 0 Å². The molecule has 0 unspecified atom stereocenters. The Balaban J connectivity index is 1.39. The van der Waals surface area contributed by atoms with Crippen LogP contribution < -0.4 is 5.32 Å². The Morgan fingerprint density at radius 1 is 0.960 bits per heavy atom. The lowest BCUT2D eigenvalue weighted by Crippen LogP contribution is -2.38. The molecule has 1 atom stereocenters. The highest BCUT2D eigenvalue weighted by molar-refractivity contribution is 5.86. The summed E-state index contributed by atoms with van der Waals surface area (Å²) in [5, 5.41) is 5.50. The van der Waals surface area contributed by atoms with Crippen LogP contribution in [0.25, 0.3) is 10.8 Å². The zero-order valence-corrected chi connectivity index (χ0v) is 14.2. The zero-order valence-electron chi connectivity index (χ0n) is 14.2. The van der Waals surface area contributed by atoms with Gasteiger partial charge in [0.05, 0.1) is 0 Å². The minimum absolute atomic E-state index is 0.0337. The molecule has 0 aliphatic carbocycles. The van der Waals surface area contributed by atoms with Crippen molar-refractivity contribution in [1.82, 2.24) is 10.2 Å². The summed E-state index contributed by atoms with van der Waals surface area (Å²) < 4.78 is 0. The second kappa shape index (κ2) is 6.98. The van der Waals surface area contributed by atoms with E-state index in [4.69, 9.17) is 0 Å². The number of urea groups is 1. The van der Waals surface area contributed by atoms with E-state index in [9.17, 15) is 4.79 Å². The van der Waals surface area contributed by atoms with E-state index >= 15 is 0 Å². The summed E-state index contributed by atoms with van der Waals surface area (Å²) in [5.41, 5.74) is 2.48. The fourth-order valence-electron chi connectivity index (χ4n) is 3.67. The van der Waals surface area contributed by atoms with Crippen LogP contribution in [0, 0.1) is 0 Å². The standard InChI is InChI=1S/C22H22N2O/c25-22(24-14-13-20(16-24)17-7-2-1-3-8-17)23-15-19-11-6-10-18-9-4-5-12-21(18)19/h1-12,20H,13-16H2,(H,23,25)/t20-/m1/s1. The Labute approximate surface area is 148 Å². The first kappa shape index (κ1) is 15.7. The molecular weight excluding hydrogens is 308 g/mol. The molecule has 0 bridgehead atoms. The van der Waals surface area contributed by atoms with Crippen LogP contribution in [-0.2, 0) is 6.54 Å². The first-order valence-corrected chi connectivity index (χ1v) is 8.85. The van der Waals surface area contributed by atoms with E-state index in [1.807, 2.05) is 29.2 Å². The van der Waals surface area contributed by atoms with Crippen LogP contribution >= 0.6 is 0 Å². The maximum absolute atomic E-state index is 12.5. The van der Waals surface area contributed by atoms with E-state index in [0.717, 1.165) is 25.1 Å². The van der Waals surface area contributed by atoms with E-state index in [0.29, 0.717) is 12.5 Å². The number of hydrogen-bond acceptors (Lipinski definition) is 1. The molecule has 3 nitrogen and oxygen atoms in total. The number of rotatable bonds is 3. The second-order valence-electron chi connectivity index (χ2n) is 6.64. The molecule has 3 aromatic rings. The zero-order chi connectivity index (χ0) is 17.1. The van der Waals surface area contributed by atoms with Crippen molar-refractivity contribution in [1.29, 1.82) is 0 Å². The summed E-state index contributed by atoms with van der Waals surface area (Å²) >= 11 is 0. The molecule has 3 heteroatoms. The highest BCUT2D eigenvalue weighted by Crippen LogP contribution is 2.27. The molecule has 126 valence electrons. The molecule has 2 amide bonds. The molecule has 0 radical (unpaired) electrons. The Hall–Kier alpha value is -2.81. The Bertz CT molecular complexity index is 870. The van der Waals surface area contributed by atoms with Crippen molar-refractivity contribution in [2.24, 2.45) is 0 Å².